The van der Waals surface area contributed by atoms with E-state index < -0.39 is 11.8 Å². The molecule has 0 spiro atoms. The first-order valence-corrected chi connectivity index (χ1v) is 9.18. The van der Waals surface area contributed by atoms with E-state index in [-0.39, 0.29) is 17.4 Å². The summed E-state index contributed by atoms with van der Waals surface area (Å²) in [6.45, 7) is 3.81. The van der Waals surface area contributed by atoms with E-state index in [1.165, 1.54) is 12.1 Å². The molecule has 2 N–H and O–H groups in total. The monoisotopic (exact) mass is 366 g/mol. The van der Waals surface area contributed by atoms with Gasteiger partial charge in [0.15, 0.2) is 5.78 Å². The van der Waals surface area contributed by atoms with Gasteiger partial charge in [0.2, 0.25) is 0 Å². The molecule has 0 heterocycles. The van der Waals surface area contributed by atoms with Gasteiger partial charge in [-0.15, -0.1) is 6.58 Å². The maximum atomic E-state index is 14.3. The predicted octanol–water partition coefficient (Wildman–Crippen LogP) is 5.17. The molecular weight excluding hydrogens is 343 g/mol. The molecule has 0 aromatic heterocycles. The van der Waals surface area contributed by atoms with E-state index >= 15 is 0 Å². The summed E-state index contributed by atoms with van der Waals surface area (Å²) in [5.74, 6) is -0.173. The number of rotatable bonds is 6. The molecule has 0 saturated heterocycles. The summed E-state index contributed by atoms with van der Waals surface area (Å²) >= 11 is 0. The van der Waals surface area contributed by atoms with Crippen molar-refractivity contribution < 1.29 is 14.0 Å². The van der Waals surface area contributed by atoms with E-state index in [1.54, 1.807) is 12.1 Å². The Bertz CT molecular complexity index is 840. The highest BCUT2D eigenvalue weighted by atomic mass is 19.1. The number of ketones is 1. The molecule has 2 amide bonds. The third kappa shape index (κ3) is 4.61. The van der Waals surface area contributed by atoms with Crippen LogP contribution in [-0.4, -0.2) is 18.4 Å². The third-order valence-electron chi connectivity index (χ3n) is 4.85. The van der Waals surface area contributed by atoms with Crippen molar-refractivity contribution >= 4 is 17.5 Å². The van der Waals surface area contributed by atoms with Gasteiger partial charge in [-0.1, -0.05) is 49.2 Å². The molecule has 0 atom stereocenters. The molecule has 1 aliphatic carbocycles. The van der Waals surface area contributed by atoms with E-state index in [0.29, 0.717) is 17.7 Å². The first-order chi connectivity index (χ1) is 13.1. The second-order valence-electron chi connectivity index (χ2n) is 6.74. The number of halogens is 1. The van der Waals surface area contributed by atoms with Crippen LogP contribution in [0.5, 0.6) is 0 Å². The number of anilines is 1. The molecule has 1 saturated carbocycles. The fourth-order valence-corrected chi connectivity index (χ4v) is 3.38. The van der Waals surface area contributed by atoms with Gasteiger partial charge in [-0.2, -0.15) is 0 Å². The zero-order valence-electron chi connectivity index (χ0n) is 15.1. The Morgan fingerprint density at radius 2 is 1.74 bits per heavy atom. The van der Waals surface area contributed by atoms with E-state index in [4.69, 9.17) is 0 Å². The van der Waals surface area contributed by atoms with Crippen molar-refractivity contribution in [1.29, 1.82) is 0 Å². The summed E-state index contributed by atoms with van der Waals surface area (Å²) in [6.07, 6.45) is 5.74. The molecule has 0 bridgehead atoms. The number of carbonyl (C=O) groups is 2. The molecule has 0 unspecified atom stereocenters. The van der Waals surface area contributed by atoms with Crippen molar-refractivity contribution in [3.63, 3.8) is 0 Å². The van der Waals surface area contributed by atoms with E-state index in [9.17, 15) is 14.0 Å². The van der Waals surface area contributed by atoms with Crippen LogP contribution in [0.4, 0.5) is 14.9 Å². The summed E-state index contributed by atoms with van der Waals surface area (Å²) in [7, 11) is 0. The van der Waals surface area contributed by atoms with Gasteiger partial charge in [-0.25, -0.2) is 9.18 Å². The highest BCUT2D eigenvalue weighted by Crippen LogP contribution is 2.29. The van der Waals surface area contributed by atoms with Crippen LogP contribution in [0, 0.1) is 11.7 Å². The van der Waals surface area contributed by atoms with Crippen molar-refractivity contribution in [2.45, 2.75) is 25.7 Å². The number of amides is 2. The molecule has 5 heteroatoms. The highest BCUT2D eigenvalue weighted by molar-refractivity contribution is 5.98. The molecule has 2 aromatic rings. The third-order valence-corrected chi connectivity index (χ3v) is 4.85. The van der Waals surface area contributed by atoms with Crippen molar-refractivity contribution in [2.75, 3.05) is 11.9 Å². The summed E-state index contributed by atoms with van der Waals surface area (Å²) in [4.78, 5) is 24.1. The summed E-state index contributed by atoms with van der Waals surface area (Å²) in [5.41, 5.74) is 2.32. The maximum Gasteiger partial charge on any atom is 0.319 e. The number of nitrogens with one attached hydrogen (secondary N) is 2. The molecular formula is C22H23FN2O2. The lowest BCUT2D eigenvalue weighted by molar-refractivity contribution is 0.0923. The van der Waals surface area contributed by atoms with Crippen molar-refractivity contribution in [3.05, 3.63) is 66.5 Å². The van der Waals surface area contributed by atoms with Crippen molar-refractivity contribution in [2.24, 2.45) is 5.92 Å². The Morgan fingerprint density at radius 1 is 1.07 bits per heavy atom. The molecule has 1 fully saturated rings. The van der Waals surface area contributed by atoms with Crippen LogP contribution < -0.4 is 10.6 Å². The minimum absolute atomic E-state index is 0.105. The summed E-state index contributed by atoms with van der Waals surface area (Å²) in [6, 6.07) is 11.4. The van der Waals surface area contributed by atoms with Crippen molar-refractivity contribution in [1.82, 2.24) is 5.32 Å². The average Bonchev–Trinajstić information content (AvgIpc) is 3.22. The molecule has 4 nitrogen and oxygen atoms in total. The summed E-state index contributed by atoms with van der Waals surface area (Å²) < 4.78 is 14.3. The van der Waals surface area contributed by atoms with E-state index in [1.807, 2.05) is 24.3 Å². The fraction of sp³-hybridized carbons (Fsp3) is 0.273. The molecule has 0 radical (unpaired) electrons. The molecule has 27 heavy (non-hydrogen) atoms. The molecule has 3 rings (SSSR count). The molecule has 2 aromatic carbocycles. The van der Waals surface area contributed by atoms with Gasteiger partial charge in [0.25, 0.3) is 0 Å². The SMILES string of the molecule is C=CCNC(=O)Nc1ccc(-c2ccc(C(=O)C3CCCC3)cc2)cc1F. The quantitative estimate of drug-likeness (QED) is 0.547. The van der Waals surface area contributed by atoms with Crippen LogP contribution in [0.25, 0.3) is 11.1 Å². The average molecular weight is 366 g/mol. The standard InChI is InChI=1S/C22H23FN2O2/c1-2-13-24-22(27)25-20-12-11-18(14-19(20)23)15-7-9-17(10-8-15)21(26)16-5-3-4-6-16/h2,7-12,14,16H,1,3-6,13H2,(H2,24,25,27). The highest BCUT2D eigenvalue weighted by Gasteiger charge is 2.23. The first-order valence-electron chi connectivity index (χ1n) is 9.18. The smallest absolute Gasteiger partial charge is 0.319 e. The van der Waals surface area contributed by atoms with E-state index in [0.717, 1.165) is 31.2 Å². The van der Waals surface area contributed by atoms with Crippen LogP contribution in [0.3, 0.4) is 0 Å². The van der Waals surface area contributed by atoms with E-state index in [2.05, 4.69) is 17.2 Å². The minimum atomic E-state index is -0.521. The van der Waals surface area contributed by atoms with Crippen LogP contribution in [0.1, 0.15) is 36.0 Å². The number of hydrogen-bond donors (Lipinski definition) is 2. The number of benzene rings is 2. The van der Waals surface area contributed by atoms with Crippen LogP contribution in [0.2, 0.25) is 0 Å². The Hall–Kier alpha value is -2.95. The second kappa shape index (κ2) is 8.62. The molecule has 1 aliphatic rings. The lowest BCUT2D eigenvalue weighted by atomic mass is 9.94. The zero-order valence-corrected chi connectivity index (χ0v) is 15.1. The predicted molar refractivity (Wildman–Crippen MR) is 105 cm³/mol. The van der Waals surface area contributed by atoms with Crippen LogP contribution in [0.15, 0.2) is 55.1 Å². The van der Waals surface area contributed by atoms with Gasteiger partial charge >= 0.3 is 6.03 Å². The minimum Gasteiger partial charge on any atom is -0.334 e. The van der Waals surface area contributed by atoms with Gasteiger partial charge in [0.1, 0.15) is 5.82 Å². The van der Waals surface area contributed by atoms with Gasteiger partial charge < -0.3 is 10.6 Å². The fourth-order valence-electron chi connectivity index (χ4n) is 3.38. The van der Waals surface area contributed by atoms with Crippen LogP contribution >= 0.6 is 0 Å². The summed E-state index contributed by atoms with van der Waals surface area (Å²) in [5, 5.41) is 4.99. The van der Waals surface area contributed by atoms with Gasteiger partial charge in [0, 0.05) is 18.0 Å². The normalized spacial score (nSPS) is 14.0. The molecule has 0 aliphatic heterocycles. The van der Waals surface area contributed by atoms with Gasteiger partial charge in [-0.05, 0) is 36.1 Å². The van der Waals surface area contributed by atoms with Crippen LogP contribution in [-0.2, 0) is 0 Å². The lowest BCUT2D eigenvalue weighted by Gasteiger charge is -2.10. The topological polar surface area (TPSA) is 58.2 Å². The largest absolute Gasteiger partial charge is 0.334 e. The second-order valence-corrected chi connectivity index (χ2v) is 6.74. The maximum absolute atomic E-state index is 14.3. The van der Waals surface area contributed by atoms with Gasteiger partial charge in [-0.3, -0.25) is 4.79 Å². The number of carbonyl (C=O) groups excluding carboxylic acids is 2. The lowest BCUT2D eigenvalue weighted by Crippen LogP contribution is -2.28. The number of Topliss-reactive ketones (excluding diaryl/α,β-unsaturated/α-hetero) is 1. The Morgan fingerprint density at radius 3 is 2.37 bits per heavy atom. The Labute approximate surface area is 158 Å². The van der Waals surface area contributed by atoms with Gasteiger partial charge in [0.05, 0.1) is 5.69 Å². The Kier molecular flexibility index (Phi) is 6.01. The Balaban J connectivity index is 1.70. The zero-order chi connectivity index (χ0) is 19.2. The number of urea groups is 1. The molecule has 140 valence electrons. The number of hydrogen-bond acceptors (Lipinski definition) is 2. The first kappa shape index (κ1) is 18.8. The van der Waals surface area contributed by atoms with Crippen molar-refractivity contribution in [3.8, 4) is 11.1 Å².